The zero-order valence-electron chi connectivity index (χ0n) is 21.7. The van der Waals surface area contributed by atoms with Crippen molar-refractivity contribution >= 4 is 40.6 Å². The normalized spacial score (nSPS) is 15.4. The molecule has 1 saturated heterocycles. The summed E-state index contributed by atoms with van der Waals surface area (Å²) in [5.74, 6) is -0.809. The molecule has 2 heterocycles. The highest BCUT2D eigenvalue weighted by Gasteiger charge is 2.36. The van der Waals surface area contributed by atoms with Crippen molar-refractivity contribution in [3.8, 4) is 11.5 Å². The molecule has 2 atom stereocenters. The number of hydrogen-bond acceptors (Lipinski definition) is 9. The summed E-state index contributed by atoms with van der Waals surface area (Å²) in [4.78, 5) is 41.1. The van der Waals surface area contributed by atoms with Crippen LogP contribution in [0.4, 0.5) is 11.4 Å². The molecular formula is C27H31N5O6S. The lowest BCUT2D eigenvalue weighted by Gasteiger charge is -2.32. The van der Waals surface area contributed by atoms with Crippen molar-refractivity contribution in [1.29, 1.82) is 0 Å². The molecule has 0 aliphatic carbocycles. The molecule has 1 aromatic heterocycles. The molecule has 5 N–H and O–H groups in total. The van der Waals surface area contributed by atoms with Crippen LogP contribution in [0.25, 0.3) is 0 Å². The van der Waals surface area contributed by atoms with Gasteiger partial charge in [0.25, 0.3) is 11.8 Å². The maximum absolute atomic E-state index is 14.1. The molecule has 12 heteroatoms. The van der Waals surface area contributed by atoms with Gasteiger partial charge in [0.05, 0.1) is 25.5 Å². The van der Waals surface area contributed by atoms with Crippen molar-refractivity contribution in [3.05, 3.63) is 64.7 Å². The second-order valence-electron chi connectivity index (χ2n) is 8.80. The van der Waals surface area contributed by atoms with E-state index < -0.39 is 23.8 Å². The van der Waals surface area contributed by atoms with Gasteiger partial charge in [-0.15, -0.1) is 0 Å². The molecule has 206 valence electrons. The number of carbonyl (C=O) groups is 3. The molecule has 0 spiro atoms. The minimum Gasteiger partial charge on any atom is -0.497 e. The minimum atomic E-state index is -1.12. The second kappa shape index (κ2) is 12.6. The van der Waals surface area contributed by atoms with E-state index in [2.05, 4.69) is 9.69 Å². The number of nitrogen functional groups attached to an aromatic ring is 1. The Bertz CT molecular complexity index is 1320. The van der Waals surface area contributed by atoms with Crippen molar-refractivity contribution in [2.75, 3.05) is 37.5 Å². The molecule has 3 aromatic rings. The predicted octanol–water partition coefficient (Wildman–Crippen LogP) is 2.91. The third kappa shape index (κ3) is 6.29. The van der Waals surface area contributed by atoms with Crippen LogP contribution >= 0.6 is 11.5 Å². The zero-order chi connectivity index (χ0) is 27.9. The van der Waals surface area contributed by atoms with Gasteiger partial charge in [-0.05, 0) is 61.1 Å². The van der Waals surface area contributed by atoms with Crippen LogP contribution in [0.1, 0.15) is 51.5 Å². The molecule has 0 unspecified atom stereocenters. The summed E-state index contributed by atoms with van der Waals surface area (Å²) >= 11 is 0.743. The third-order valence-electron chi connectivity index (χ3n) is 6.25. The number of hydrogen-bond donors (Lipinski definition) is 3. The average molecular weight is 554 g/mol. The summed E-state index contributed by atoms with van der Waals surface area (Å²) in [7, 11) is 1.50. The lowest BCUT2D eigenvalue weighted by molar-refractivity contribution is -0.123. The van der Waals surface area contributed by atoms with Crippen LogP contribution < -0.4 is 31.2 Å². The third-order valence-corrected chi connectivity index (χ3v) is 7.10. The summed E-state index contributed by atoms with van der Waals surface area (Å²) < 4.78 is 20.6. The molecule has 39 heavy (non-hydrogen) atoms. The quantitative estimate of drug-likeness (QED) is 0.327. The van der Waals surface area contributed by atoms with Crippen LogP contribution in [0, 0.1) is 0 Å². The van der Waals surface area contributed by atoms with Crippen molar-refractivity contribution in [2.45, 2.75) is 31.9 Å². The van der Waals surface area contributed by atoms with Gasteiger partial charge in [-0.1, -0.05) is 18.2 Å². The van der Waals surface area contributed by atoms with E-state index in [-0.39, 0.29) is 22.4 Å². The Morgan fingerprint density at radius 2 is 1.97 bits per heavy atom. The van der Waals surface area contributed by atoms with Crippen LogP contribution in [0.3, 0.4) is 0 Å². The molecule has 1 aliphatic heterocycles. The van der Waals surface area contributed by atoms with Gasteiger partial charge in [0.1, 0.15) is 22.4 Å². The molecule has 0 bridgehead atoms. The Hall–Kier alpha value is -4.16. The van der Waals surface area contributed by atoms with E-state index >= 15 is 0 Å². The SMILES string of the molecule is CCOc1ccc([C@H](C(=O)NC[C@@H]2CCCO2)N(C(=O)c2snc(C(N)=O)c2N)c2cccc(OC)c2)cc1. The summed E-state index contributed by atoms with van der Waals surface area (Å²) in [5, 5.41) is 2.95. The number of rotatable bonds is 11. The zero-order valence-corrected chi connectivity index (χ0v) is 22.5. The Labute approximate surface area is 230 Å². The number of primary amides is 1. The van der Waals surface area contributed by atoms with Gasteiger partial charge in [0.2, 0.25) is 5.91 Å². The number of benzene rings is 2. The Balaban J connectivity index is 1.82. The molecule has 2 aromatic carbocycles. The number of aromatic nitrogens is 1. The largest absolute Gasteiger partial charge is 0.497 e. The summed E-state index contributed by atoms with van der Waals surface area (Å²) in [6.07, 6.45) is 1.65. The van der Waals surface area contributed by atoms with E-state index in [1.807, 2.05) is 6.92 Å². The first-order valence-corrected chi connectivity index (χ1v) is 13.3. The number of amides is 3. The number of carbonyl (C=O) groups excluding carboxylic acids is 3. The lowest BCUT2D eigenvalue weighted by Crippen LogP contribution is -2.45. The first kappa shape index (κ1) is 27.9. The highest BCUT2D eigenvalue weighted by molar-refractivity contribution is 7.09. The summed E-state index contributed by atoms with van der Waals surface area (Å²) in [6, 6.07) is 12.6. The molecule has 11 nitrogen and oxygen atoms in total. The Kier molecular flexibility index (Phi) is 8.99. The van der Waals surface area contributed by atoms with Crippen LogP contribution in [0.2, 0.25) is 0 Å². The monoisotopic (exact) mass is 553 g/mol. The number of anilines is 2. The smallest absolute Gasteiger partial charge is 0.273 e. The molecule has 4 rings (SSSR count). The minimum absolute atomic E-state index is 0.0190. The number of ether oxygens (including phenoxy) is 3. The van der Waals surface area contributed by atoms with Crippen LogP contribution in [0.5, 0.6) is 11.5 Å². The fourth-order valence-corrected chi connectivity index (χ4v) is 5.07. The van der Waals surface area contributed by atoms with Gasteiger partial charge < -0.3 is 31.0 Å². The van der Waals surface area contributed by atoms with Crippen molar-refractivity contribution in [3.63, 3.8) is 0 Å². The first-order chi connectivity index (χ1) is 18.8. The van der Waals surface area contributed by atoms with Crippen molar-refractivity contribution in [2.24, 2.45) is 5.73 Å². The Morgan fingerprint density at radius 3 is 2.59 bits per heavy atom. The number of nitrogens with zero attached hydrogens (tertiary/aromatic N) is 2. The highest BCUT2D eigenvalue weighted by Crippen LogP contribution is 2.35. The van der Waals surface area contributed by atoms with Gasteiger partial charge >= 0.3 is 0 Å². The second-order valence-corrected chi connectivity index (χ2v) is 9.57. The molecule has 1 fully saturated rings. The lowest BCUT2D eigenvalue weighted by atomic mass is 10.0. The predicted molar refractivity (Wildman–Crippen MR) is 147 cm³/mol. The first-order valence-electron chi connectivity index (χ1n) is 12.5. The van der Waals surface area contributed by atoms with Crippen LogP contribution in [0.15, 0.2) is 48.5 Å². The van der Waals surface area contributed by atoms with Gasteiger partial charge in [-0.2, -0.15) is 4.37 Å². The molecule has 1 aliphatic rings. The van der Waals surface area contributed by atoms with Crippen LogP contribution in [-0.2, 0) is 9.53 Å². The van der Waals surface area contributed by atoms with Crippen LogP contribution in [-0.4, -0.2) is 55.1 Å². The van der Waals surface area contributed by atoms with E-state index in [4.69, 9.17) is 25.7 Å². The van der Waals surface area contributed by atoms with E-state index in [1.165, 1.54) is 12.0 Å². The van der Waals surface area contributed by atoms with E-state index in [1.54, 1.807) is 48.5 Å². The molecule has 3 amide bonds. The maximum atomic E-state index is 14.1. The van der Waals surface area contributed by atoms with E-state index in [0.717, 1.165) is 24.4 Å². The van der Waals surface area contributed by atoms with E-state index in [0.29, 0.717) is 42.5 Å². The van der Waals surface area contributed by atoms with Gasteiger partial charge in [-0.25, -0.2) is 0 Å². The van der Waals surface area contributed by atoms with Gasteiger partial charge in [0, 0.05) is 24.9 Å². The average Bonchev–Trinajstić information content (AvgIpc) is 3.60. The fourth-order valence-electron chi connectivity index (χ4n) is 4.33. The number of methoxy groups -OCH3 is 1. The maximum Gasteiger partial charge on any atom is 0.273 e. The highest BCUT2D eigenvalue weighted by atomic mass is 32.1. The van der Waals surface area contributed by atoms with E-state index in [9.17, 15) is 14.4 Å². The standard InChI is InChI=1S/C27H31N5O6S/c1-3-37-18-11-9-16(10-12-18)23(26(34)30-15-20-8-5-13-38-20)32(17-6-4-7-19(14-17)36-2)27(35)24-21(28)22(25(29)33)31-39-24/h4,6-7,9-12,14,20,23H,3,5,8,13,15,28H2,1-2H3,(H2,29,33)(H,30,34)/t20-,23+/m0/s1. The fraction of sp³-hybridized carbons (Fsp3) is 0.333. The Morgan fingerprint density at radius 1 is 1.21 bits per heavy atom. The molecule has 0 saturated carbocycles. The molecule has 0 radical (unpaired) electrons. The molecular weight excluding hydrogens is 522 g/mol. The summed E-state index contributed by atoms with van der Waals surface area (Å²) in [5.41, 5.74) is 12.1. The van der Waals surface area contributed by atoms with Gasteiger partial charge in [-0.3, -0.25) is 19.3 Å². The topological polar surface area (TPSA) is 159 Å². The summed E-state index contributed by atoms with van der Waals surface area (Å²) in [6.45, 7) is 3.29. The van der Waals surface area contributed by atoms with Crippen molar-refractivity contribution < 1.29 is 28.6 Å². The number of nitrogens with one attached hydrogen (secondary N) is 1. The van der Waals surface area contributed by atoms with Crippen molar-refractivity contribution in [1.82, 2.24) is 9.69 Å². The number of nitrogens with two attached hydrogens (primary N) is 2. The van der Waals surface area contributed by atoms with Gasteiger partial charge in [0.15, 0.2) is 5.69 Å².